The number of ether oxygens (including phenoxy) is 1. The van der Waals surface area contributed by atoms with Crippen molar-refractivity contribution in [3.63, 3.8) is 0 Å². The average Bonchev–Trinajstić information content (AvgIpc) is 2.34. The Morgan fingerprint density at radius 3 is 2.50 bits per heavy atom. The quantitative estimate of drug-likeness (QED) is 0.501. The van der Waals surface area contributed by atoms with Crippen LogP contribution in [0.15, 0.2) is 35.3 Å². The van der Waals surface area contributed by atoms with E-state index in [0.29, 0.717) is 0 Å². The van der Waals surface area contributed by atoms with Crippen molar-refractivity contribution in [1.29, 1.82) is 0 Å². The molecule has 5 N–H and O–H groups in total. The van der Waals surface area contributed by atoms with Crippen molar-refractivity contribution in [3.8, 4) is 0 Å². The number of alkyl carbamates (subject to hydrolysis) is 1. The second-order valence-electron chi connectivity index (χ2n) is 3.35. The number of nitrogens with two attached hydrogens (primary N) is 2. The minimum atomic E-state index is -0.710. The Morgan fingerprint density at radius 1 is 1.22 bits per heavy atom. The molecule has 0 radical (unpaired) electrons. The van der Waals surface area contributed by atoms with Crippen LogP contribution in [0.4, 0.5) is 4.79 Å². The Hall–Kier alpha value is -2.57. The standard InChI is InChI=1S/C11H14N4O3/c12-10(13)15-9(16)6-14-11(17)18-7-8-4-2-1-3-5-8/h1-5H,6-7H2,(H,14,17)(H4,12,13,15,16). The molecular weight excluding hydrogens is 236 g/mol. The van der Waals surface area contributed by atoms with Gasteiger partial charge in [-0.2, -0.15) is 4.99 Å². The van der Waals surface area contributed by atoms with Crippen LogP contribution >= 0.6 is 0 Å². The minimum absolute atomic E-state index is 0.128. The molecular formula is C11H14N4O3. The maximum Gasteiger partial charge on any atom is 0.407 e. The zero-order valence-electron chi connectivity index (χ0n) is 9.63. The summed E-state index contributed by atoms with van der Waals surface area (Å²) in [7, 11) is 0. The Labute approximate surface area is 104 Å². The highest BCUT2D eigenvalue weighted by atomic mass is 16.5. The number of benzene rings is 1. The SMILES string of the molecule is NC(N)=NC(=O)CNC(=O)OCc1ccccc1. The largest absolute Gasteiger partial charge is 0.445 e. The summed E-state index contributed by atoms with van der Waals surface area (Å²) in [4.78, 5) is 25.5. The number of nitrogens with zero attached hydrogens (tertiary/aromatic N) is 1. The number of carbonyl (C=O) groups excluding carboxylic acids is 2. The summed E-state index contributed by atoms with van der Waals surface area (Å²) in [6.07, 6.45) is -0.710. The molecule has 7 heteroatoms. The van der Waals surface area contributed by atoms with Crippen LogP contribution < -0.4 is 16.8 Å². The predicted octanol–water partition coefficient (Wildman–Crippen LogP) is -0.287. The van der Waals surface area contributed by atoms with E-state index >= 15 is 0 Å². The van der Waals surface area contributed by atoms with Crippen LogP contribution in [0.2, 0.25) is 0 Å². The van der Waals surface area contributed by atoms with Crippen LogP contribution in [-0.4, -0.2) is 24.5 Å². The molecule has 18 heavy (non-hydrogen) atoms. The molecule has 0 aliphatic rings. The molecule has 0 saturated heterocycles. The van der Waals surface area contributed by atoms with E-state index in [9.17, 15) is 9.59 Å². The highest BCUT2D eigenvalue weighted by molar-refractivity contribution is 5.93. The van der Waals surface area contributed by atoms with Crippen LogP contribution in [-0.2, 0) is 16.1 Å². The maximum absolute atomic E-state index is 11.2. The van der Waals surface area contributed by atoms with Gasteiger partial charge in [-0.05, 0) is 5.56 Å². The number of hydrogen-bond acceptors (Lipinski definition) is 3. The first-order valence-electron chi connectivity index (χ1n) is 5.15. The zero-order chi connectivity index (χ0) is 13.4. The molecule has 96 valence electrons. The first kappa shape index (κ1) is 13.5. The van der Waals surface area contributed by atoms with Crippen molar-refractivity contribution < 1.29 is 14.3 Å². The number of aliphatic imine (C=N–C) groups is 1. The van der Waals surface area contributed by atoms with E-state index in [1.165, 1.54) is 0 Å². The highest BCUT2D eigenvalue weighted by Crippen LogP contribution is 2.00. The molecule has 0 fully saturated rings. The molecule has 1 aromatic rings. The zero-order valence-corrected chi connectivity index (χ0v) is 9.63. The molecule has 0 unspecified atom stereocenters. The number of guanidine groups is 1. The van der Waals surface area contributed by atoms with E-state index in [1.807, 2.05) is 30.3 Å². The number of hydrogen-bond donors (Lipinski definition) is 3. The lowest BCUT2D eigenvalue weighted by Crippen LogP contribution is -2.31. The number of nitrogens with one attached hydrogen (secondary N) is 1. The summed E-state index contributed by atoms with van der Waals surface area (Å²) in [6, 6.07) is 9.16. The molecule has 1 rings (SSSR count). The molecule has 0 aliphatic carbocycles. The van der Waals surface area contributed by atoms with E-state index in [-0.39, 0.29) is 19.1 Å². The minimum Gasteiger partial charge on any atom is -0.445 e. The Kier molecular flexibility index (Phi) is 5.17. The summed E-state index contributed by atoms with van der Waals surface area (Å²) >= 11 is 0. The predicted molar refractivity (Wildman–Crippen MR) is 65.4 cm³/mol. The van der Waals surface area contributed by atoms with Gasteiger partial charge in [0.05, 0.1) is 0 Å². The third-order valence-electron chi connectivity index (χ3n) is 1.85. The van der Waals surface area contributed by atoms with Gasteiger partial charge in [0.25, 0.3) is 5.91 Å². The number of carbonyl (C=O) groups is 2. The van der Waals surface area contributed by atoms with E-state index in [1.54, 1.807) is 0 Å². The van der Waals surface area contributed by atoms with Gasteiger partial charge in [-0.15, -0.1) is 0 Å². The average molecular weight is 250 g/mol. The van der Waals surface area contributed by atoms with Crippen LogP contribution in [0.1, 0.15) is 5.56 Å². The lowest BCUT2D eigenvalue weighted by atomic mass is 10.2. The monoisotopic (exact) mass is 250 g/mol. The van der Waals surface area contributed by atoms with Gasteiger partial charge < -0.3 is 21.5 Å². The van der Waals surface area contributed by atoms with Gasteiger partial charge in [-0.3, -0.25) is 4.79 Å². The van der Waals surface area contributed by atoms with Gasteiger partial charge in [-0.1, -0.05) is 30.3 Å². The first-order chi connectivity index (χ1) is 8.58. The Morgan fingerprint density at radius 2 is 1.89 bits per heavy atom. The van der Waals surface area contributed by atoms with E-state index in [2.05, 4.69) is 10.3 Å². The van der Waals surface area contributed by atoms with Crippen molar-refractivity contribution in [3.05, 3.63) is 35.9 Å². The number of rotatable bonds is 4. The molecule has 0 saturated carbocycles. The topological polar surface area (TPSA) is 120 Å². The summed E-state index contributed by atoms with van der Waals surface area (Å²) in [5.74, 6) is -0.994. The number of amides is 2. The van der Waals surface area contributed by atoms with Gasteiger partial charge in [0.1, 0.15) is 13.2 Å². The van der Waals surface area contributed by atoms with Crippen LogP contribution in [0.25, 0.3) is 0 Å². The van der Waals surface area contributed by atoms with E-state index < -0.39 is 12.0 Å². The van der Waals surface area contributed by atoms with Crippen LogP contribution in [0.3, 0.4) is 0 Å². The molecule has 0 aliphatic heterocycles. The second kappa shape index (κ2) is 6.89. The third kappa shape index (κ3) is 5.50. The van der Waals surface area contributed by atoms with Gasteiger partial charge in [0, 0.05) is 0 Å². The molecule has 0 atom stereocenters. The summed E-state index contributed by atoms with van der Waals surface area (Å²) in [5, 5.41) is 2.23. The highest BCUT2D eigenvalue weighted by Gasteiger charge is 2.05. The summed E-state index contributed by atoms with van der Waals surface area (Å²) in [6.45, 7) is -0.186. The Bertz CT molecular complexity index is 441. The molecule has 0 aromatic heterocycles. The molecule has 2 amide bonds. The van der Waals surface area contributed by atoms with Crippen molar-refractivity contribution >= 4 is 18.0 Å². The molecule has 1 aromatic carbocycles. The van der Waals surface area contributed by atoms with Gasteiger partial charge >= 0.3 is 6.09 Å². The van der Waals surface area contributed by atoms with Crippen LogP contribution in [0.5, 0.6) is 0 Å². The lowest BCUT2D eigenvalue weighted by Gasteiger charge is -2.05. The van der Waals surface area contributed by atoms with Crippen molar-refractivity contribution in [2.45, 2.75) is 6.61 Å². The first-order valence-corrected chi connectivity index (χ1v) is 5.15. The molecule has 0 spiro atoms. The van der Waals surface area contributed by atoms with Gasteiger partial charge in [0.15, 0.2) is 5.96 Å². The fourth-order valence-corrected chi connectivity index (χ4v) is 1.11. The van der Waals surface area contributed by atoms with Gasteiger partial charge in [0.2, 0.25) is 0 Å². The smallest absolute Gasteiger partial charge is 0.407 e. The normalized spacial score (nSPS) is 9.33. The van der Waals surface area contributed by atoms with Crippen molar-refractivity contribution in [2.75, 3.05) is 6.54 Å². The lowest BCUT2D eigenvalue weighted by molar-refractivity contribution is -0.116. The van der Waals surface area contributed by atoms with Crippen molar-refractivity contribution in [2.24, 2.45) is 16.5 Å². The fraction of sp³-hybridized carbons (Fsp3) is 0.182. The second-order valence-corrected chi connectivity index (χ2v) is 3.35. The Balaban J connectivity index is 2.26. The molecule has 7 nitrogen and oxygen atoms in total. The van der Waals surface area contributed by atoms with Gasteiger partial charge in [-0.25, -0.2) is 4.79 Å². The molecule has 0 heterocycles. The fourth-order valence-electron chi connectivity index (χ4n) is 1.11. The van der Waals surface area contributed by atoms with E-state index in [0.717, 1.165) is 5.56 Å². The van der Waals surface area contributed by atoms with Crippen LogP contribution in [0, 0.1) is 0 Å². The third-order valence-corrected chi connectivity index (χ3v) is 1.85. The van der Waals surface area contributed by atoms with Crippen molar-refractivity contribution in [1.82, 2.24) is 5.32 Å². The summed E-state index contributed by atoms with van der Waals surface area (Å²) in [5.41, 5.74) is 10.8. The molecule has 0 bridgehead atoms. The summed E-state index contributed by atoms with van der Waals surface area (Å²) < 4.78 is 4.87. The van der Waals surface area contributed by atoms with E-state index in [4.69, 9.17) is 16.2 Å². The maximum atomic E-state index is 11.2.